The van der Waals surface area contributed by atoms with Crippen molar-refractivity contribution in [3.05, 3.63) is 64.1 Å². The zero-order valence-electron chi connectivity index (χ0n) is 15.3. The molecule has 1 aromatic heterocycles. The van der Waals surface area contributed by atoms with Crippen molar-refractivity contribution in [1.29, 1.82) is 0 Å². The summed E-state index contributed by atoms with van der Waals surface area (Å²) in [7, 11) is 0. The number of aryl methyl sites for hydroxylation is 1. The molecule has 144 valence electrons. The smallest absolute Gasteiger partial charge is 0.277 e. The third-order valence-electron chi connectivity index (χ3n) is 3.78. The molecule has 0 fully saturated rings. The SMILES string of the molecule is C/C(=N\NC(=O)COc1ccccc1Cl)c1sc(-c2ccc(O)cc2)nc1C. The van der Waals surface area contributed by atoms with Crippen LogP contribution in [0, 0.1) is 6.92 Å². The molecular formula is C20H18ClN3O3S. The average Bonchev–Trinajstić information content (AvgIpc) is 3.07. The van der Waals surface area contributed by atoms with E-state index in [9.17, 15) is 9.90 Å². The van der Waals surface area contributed by atoms with E-state index in [1.54, 1.807) is 55.5 Å². The third kappa shape index (κ3) is 4.88. The van der Waals surface area contributed by atoms with Gasteiger partial charge in [0.05, 0.1) is 21.3 Å². The lowest BCUT2D eigenvalue weighted by atomic mass is 10.2. The van der Waals surface area contributed by atoms with E-state index >= 15 is 0 Å². The maximum absolute atomic E-state index is 12.0. The molecule has 0 aliphatic rings. The molecule has 1 amide bonds. The van der Waals surface area contributed by atoms with Crippen molar-refractivity contribution in [2.75, 3.05) is 6.61 Å². The number of ether oxygens (including phenoxy) is 1. The normalized spacial score (nSPS) is 11.3. The second-order valence-electron chi connectivity index (χ2n) is 5.93. The van der Waals surface area contributed by atoms with Crippen LogP contribution < -0.4 is 10.2 Å². The Kier molecular flexibility index (Phi) is 6.28. The number of rotatable bonds is 6. The lowest BCUT2D eigenvalue weighted by Crippen LogP contribution is -2.25. The second kappa shape index (κ2) is 8.86. The van der Waals surface area contributed by atoms with Gasteiger partial charge in [0, 0.05) is 5.56 Å². The van der Waals surface area contributed by atoms with E-state index in [4.69, 9.17) is 16.3 Å². The molecule has 0 radical (unpaired) electrons. The molecule has 3 rings (SSSR count). The molecule has 0 aliphatic carbocycles. The number of aromatic nitrogens is 1. The zero-order valence-corrected chi connectivity index (χ0v) is 16.8. The lowest BCUT2D eigenvalue weighted by Gasteiger charge is -2.06. The van der Waals surface area contributed by atoms with Gasteiger partial charge in [0.15, 0.2) is 6.61 Å². The van der Waals surface area contributed by atoms with Crippen molar-refractivity contribution in [2.45, 2.75) is 13.8 Å². The number of nitrogens with one attached hydrogen (secondary N) is 1. The number of nitrogens with zero attached hydrogens (tertiary/aromatic N) is 2. The fraction of sp³-hybridized carbons (Fsp3) is 0.150. The van der Waals surface area contributed by atoms with Gasteiger partial charge in [0.2, 0.25) is 0 Å². The number of aromatic hydroxyl groups is 1. The van der Waals surface area contributed by atoms with Gasteiger partial charge in [-0.05, 0) is 50.2 Å². The molecule has 28 heavy (non-hydrogen) atoms. The van der Waals surface area contributed by atoms with Crippen LogP contribution in [0.5, 0.6) is 11.5 Å². The van der Waals surface area contributed by atoms with Gasteiger partial charge in [-0.3, -0.25) is 4.79 Å². The molecule has 1 heterocycles. The van der Waals surface area contributed by atoms with Crippen LogP contribution in [0.4, 0.5) is 0 Å². The maximum atomic E-state index is 12.0. The highest BCUT2D eigenvalue weighted by atomic mass is 35.5. The van der Waals surface area contributed by atoms with Gasteiger partial charge in [-0.15, -0.1) is 11.3 Å². The van der Waals surface area contributed by atoms with Crippen molar-refractivity contribution in [2.24, 2.45) is 5.10 Å². The van der Waals surface area contributed by atoms with Crippen LogP contribution in [0.15, 0.2) is 53.6 Å². The van der Waals surface area contributed by atoms with Crippen LogP contribution in [-0.4, -0.2) is 28.3 Å². The molecule has 8 heteroatoms. The Bertz CT molecular complexity index is 1020. The van der Waals surface area contributed by atoms with Gasteiger partial charge >= 0.3 is 0 Å². The third-order valence-corrected chi connectivity index (χ3v) is 5.41. The number of hydrazone groups is 1. The lowest BCUT2D eigenvalue weighted by molar-refractivity contribution is -0.123. The number of halogens is 1. The molecule has 0 spiro atoms. The van der Waals surface area contributed by atoms with Crippen LogP contribution in [0.2, 0.25) is 5.02 Å². The van der Waals surface area contributed by atoms with E-state index in [-0.39, 0.29) is 18.3 Å². The number of hydrogen-bond donors (Lipinski definition) is 2. The molecule has 0 aliphatic heterocycles. The number of phenolic OH excluding ortho intramolecular Hbond substituents is 1. The molecule has 2 N–H and O–H groups in total. The fourth-order valence-electron chi connectivity index (χ4n) is 2.39. The summed E-state index contributed by atoms with van der Waals surface area (Å²) in [4.78, 5) is 17.4. The highest BCUT2D eigenvalue weighted by Gasteiger charge is 2.13. The first kappa shape index (κ1) is 19.9. The number of para-hydroxylation sites is 1. The average molecular weight is 416 g/mol. The summed E-state index contributed by atoms with van der Waals surface area (Å²) in [6, 6.07) is 13.8. The molecule has 6 nitrogen and oxygen atoms in total. The van der Waals surface area contributed by atoms with E-state index < -0.39 is 0 Å². The van der Waals surface area contributed by atoms with Crippen molar-refractivity contribution < 1.29 is 14.6 Å². The number of hydrogen-bond acceptors (Lipinski definition) is 6. The van der Waals surface area contributed by atoms with Crippen LogP contribution in [0.3, 0.4) is 0 Å². The summed E-state index contributed by atoms with van der Waals surface area (Å²) < 4.78 is 5.39. The minimum absolute atomic E-state index is 0.194. The summed E-state index contributed by atoms with van der Waals surface area (Å²) in [5.74, 6) is 0.258. The number of carbonyl (C=O) groups is 1. The summed E-state index contributed by atoms with van der Waals surface area (Å²) in [5.41, 5.74) is 4.85. The van der Waals surface area contributed by atoms with Crippen LogP contribution in [-0.2, 0) is 4.79 Å². The van der Waals surface area contributed by atoms with Gasteiger partial charge in [0.25, 0.3) is 5.91 Å². The predicted molar refractivity (Wildman–Crippen MR) is 111 cm³/mol. The van der Waals surface area contributed by atoms with Crippen molar-refractivity contribution in [3.63, 3.8) is 0 Å². The summed E-state index contributed by atoms with van der Waals surface area (Å²) in [6.07, 6.45) is 0. The van der Waals surface area contributed by atoms with E-state index in [1.807, 2.05) is 6.92 Å². The van der Waals surface area contributed by atoms with Crippen molar-refractivity contribution >= 4 is 34.6 Å². The molecule has 0 atom stereocenters. The Morgan fingerprint density at radius 1 is 1.25 bits per heavy atom. The minimum Gasteiger partial charge on any atom is -0.508 e. The number of carbonyl (C=O) groups excluding carboxylic acids is 1. The number of benzene rings is 2. The Balaban J connectivity index is 1.64. The number of amides is 1. The molecule has 3 aromatic rings. The van der Waals surface area contributed by atoms with Gasteiger partial charge in [0.1, 0.15) is 16.5 Å². The largest absolute Gasteiger partial charge is 0.508 e. The topological polar surface area (TPSA) is 83.8 Å². The Hall–Kier alpha value is -2.90. The second-order valence-corrected chi connectivity index (χ2v) is 7.34. The van der Waals surface area contributed by atoms with Gasteiger partial charge in [-0.25, -0.2) is 10.4 Å². The zero-order chi connectivity index (χ0) is 20.1. The Morgan fingerprint density at radius 2 is 1.96 bits per heavy atom. The molecule has 0 saturated carbocycles. The number of phenols is 1. The summed E-state index contributed by atoms with van der Waals surface area (Å²) in [5, 5.41) is 14.8. The summed E-state index contributed by atoms with van der Waals surface area (Å²) in [6.45, 7) is 3.49. The molecule has 0 unspecified atom stereocenters. The predicted octanol–water partition coefficient (Wildman–Crippen LogP) is 4.40. The molecular weight excluding hydrogens is 398 g/mol. The first-order valence-electron chi connectivity index (χ1n) is 8.41. The van der Waals surface area contributed by atoms with E-state index in [0.717, 1.165) is 21.1 Å². The van der Waals surface area contributed by atoms with Crippen LogP contribution in [0.1, 0.15) is 17.5 Å². The highest BCUT2D eigenvalue weighted by molar-refractivity contribution is 7.17. The maximum Gasteiger partial charge on any atom is 0.277 e. The number of thiazole rings is 1. The van der Waals surface area contributed by atoms with Crippen LogP contribution >= 0.6 is 22.9 Å². The van der Waals surface area contributed by atoms with Gasteiger partial charge < -0.3 is 9.84 Å². The fourth-order valence-corrected chi connectivity index (χ4v) is 3.60. The molecule has 0 saturated heterocycles. The first-order valence-corrected chi connectivity index (χ1v) is 9.61. The highest BCUT2D eigenvalue weighted by Crippen LogP contribution is 2.29. The van der Waals surface area contributed by atoms with Crippen molar-refractivity contribution in [1.82, 2.24) is 10.4 Å². The first-order chi connectivity index (χ1) is 13.4. The van der Waals surface area contributed by atoms with E-state index in [2.05, 4.69) is 15.5 Å². The van der Waals surface area contributed by atoms with Crippen LogP contribution in [0.25, 0.3) is 10.6 Å². The molecule has 0 bridgehead atoms. The Morgan fingerprint density at radius 3 is 2.68 bits per heavy atom. The minimum atomic E-state index is -0.389. The summed E-state index contributed by atoms with van der Waals surface area (Å²) >= 11 is 7.46. The van der Waals surface area contributed by atoms with Crippen molar-refractivity contribution in [3.8, 4) is 22.1 Å². The Labute approximate surface area is 171 Å². The van der Waals surface area contributed by atoms with E-state index in [1.165, 1.54) is 11.3 Å². The van der Waals surface area contributed by atoms with Gasteiger partial charge in [-0.2, -0.15) is 5.10 Å². The van der Waals surface area contributed by atoms with Gasteiger partial charge in [-0.1, -0.05) is 23.7 Å². The standard InChI is InChI=1S/C20H18ClN3O3S/c1-12-19(28-20(22-12)14-7-9-15(25)10-8-14)13(2)23-24-18(26)11-27-17-6-4-3-5-16(17)21/h3-10,25H,11H2,1-2H3,(H,24,26)/b23-13+. The quantitative estimate of drug-likeness (QED) is 0.461. The molecule has 2 aromatic carbocycles. The monoisotopic (exact) mass is 415 g/mol. The van der Waals surface area contributed by atoms with E-state index in [0.29, 0.717) is 16.5 Å².